The highest BCUT2D eigenvalue weighted by molar-refractivity contribution is 5.76. The largest absolute Gasteiger partial charge is 0.493 e. The van der Waals surface area contributed by atoms with Crippen LogP contribution in [0.1, 0.15) is 38.8 Å². The van der Waals surface area contributed by atoms with Gasteiger partial charge in [0.15, 0.2) is 11.5 Å². The van der Waals surface area contributed by atoms with E-state index in [2.05, 4.69) is 5.32 Å². The van der Waals surface area contributed by atoms with Gasteiger partial charge in [0.2, 0.25) is 5.91 Å². The fourth-order valence-corrected chi connectivity index (χ4v) is 1.73. The van der Waals surface area contributed by atoms with Gasteiger partial charge in [-0.1, -0.05) is 6.07 Å². The molecule has 0 unspecified atom stereocenters. The van der Waals surface area contributed by atoms with Crippen molar-refractivity contribution in [3.63, 3.8) is 0 Å². The van der Waals surface area contributed by atoms with Gasteiger partial charge in [0.1, 0.15) is 0 Å². The van der Waals surface area contributed by atoms with Crippen molar-refractivity contribution in [3.8, 4) is 11.5 Å². The van der Waals surface area contributed by atoms with Crippen molar-refractivity contribution in [2.75, 3.05) is 13.7 Å². The molecule has 0 fully saturated rings. The van der Waals surface area contributed by atoms with Crippen molar-refractivity contribution in [1.29, 1.82) is 0 Å². The summed E-state index contributed by atoms with van der Waals surface area (Å²) in [6, 6.07) is 5.65. The predicted octanol–water partition coefficient (Wildman–Crippen LogP) is 2.01. The third-order valence-corrected chi connectivity index (χ3v) is 2.75. The summed E-state index contributed by atoms with van der Waals surface area (Å²) in [5.41, 5.74) is 6.80. The molecule has 0 saturated heterocycles. The summed E-state index contributed by atoms with van der Waals surface area (Å²) in [7, 11) is 1.58. The Labute approximate surface area is 120 Å². The van der Waals surface area contributed by atoms with Gasteiger partial charge in [0, 0.05) is 12.1 Å². The van der Waals surface area contributed by atoms with Crippen LogP contribution in [0.25, 0.3) is 0 Å². The molecular formula is C15H24N2O3. The first-order chi connectivity index (χ1) is 9.43. The van der Waals surface area contributed by atoms with Crippen molar-refractivity contribution in [2.24, 2.45) is 5.73 Å². The Morgan fingerprint density at radius 1 is 1.30 bits per heavy atom. The molecule has 0 aromatic heterocycles. The van der Waals surface area contributed by atoms with E-state index in [0.29, 0.717) is 24.5 Å². The van der Waals surface area contributed by atoms with Crippen molar-refractivity contribution in [3.05, 3.63) is 23.8 Å². The molecular weight excluding hydrogens is 256 g/mol. The van der Waals surface area contributed by atoms with E-state index in [0.717, 1.165) is 5.56 Å². The summed E-state index contributed by atoms with van der Waals surface area (Å²) >= 11 is 0. The topological polar surface area (TPSA) is 73.6 Å². The highest BCUT2D eigenvalue weighted by Crippen LogP contribution is 2.29. The molecule has 1 rings (SSSR count). The minimum Gasteiger partial charge on any atom is -0.493 e. The number of carbonyl (C=O) groups excluding carboxylic acids is 1. The Hall–Kier alpha value is -1.75. The molecule has 0 radical (unpaired) electrons. The summed E-state index contributed by atoms with van der Waals surface area (Å²) < 4.78 is 10.9. The monoisotopic (exact) mass is 280 g/mol. The van der Waals surface area contributed by atoms with Crippen LogP contribution in [0.15, 0.2) is 18.2 Å². The van der Waals surface area contributed by atoms with E-state index in [-0.39, 0.29) is 18.0 Å². The third kappa shape index (κ3) is 5.09. The number of carbonyl (C=O) groups is 1. The second-order valence-electron chi connectivity index (χ2n) is 5.02. The summed E-state index contributed by atoms with van der Waals surface area (Å²) in [4.78, 5) is 11.5. The minimum absolute atomic E-state index is 0.0221. The SMILES string of the molecule is COc1cc([C@@H](C)N)ccc1OCCC(=O)NC(C)C. The Morgan fingerprint density at radius 3 is 2.55 bits per heavy atom. The van der Waals surface area contributed by atoms with E-state index >= 15 is 0 Å². The number of ether oxygens (including phenoxy) is 2. The number of hydrogen-bond donors (Lipinski definition) is 2. The molecule has 1 amide bonds. The van der Waals surface area contributed by atoms with Crippen molar-refractivity contribution in [1.82, 2.24) is 5.32 Å². The number of nitrogens with one attached hydrogen (secondary N) is 1. The molecule has 0 saturated carbocycles. The molecule has 0 bridgehead atoms. The number of rotatable bonds is 7. The molecule has 0 heterocycles. The van der Waals surface area contributed by atoms with Crippen LogP contribution >= 0.6 is 0 Å². The van der Waals surface area contributed by atoms with Gasteiger partial charge < -0.3 is 20.5 Å². The number of amides is 1. The molecule has 1 aromatic rings. The maximum atomic E-state index is 11.5. The van der Waals surface area contributed by atoms with Crippen LogP contribution in [0, 0.1) is 0 Å². The second kappa shape index (κ2) is 7.75. The zero-order valence-corrected chi connectivity index (χ0v) is 12.6. The molecule has 5 heteroatoms. The van der Waals surface area contributed by atoms with Crippen LogP contribution in [0.3, 0.4) is 0 Å². The van der Waals surface area contributed by atoms with Gasteiger partial charge in [-0.15, -0.1) is 0 Å². The molecule has 20 heavy (non-hydrogen) atoms. The first-order valence-electron chi connectivity index (χ1n) is 6.79. The van der Waals surface area contributed by atoms with Crippen molar-refractivity contribution < 1.29 is 14.3 Å². The van der Waals surface area contributed by atoms with E-state index in [4.69, 9.17) is 15.2 Å². The van der Waals surface area contributed by atoms with Gasteiger partial charge in [-0.2, -0.15) is 0 Å². The maximum absolute atomic E-state index is 11.5. The van der Waals surface area contributed by atoms with Crippen molar-refractivity contribution >= 4 is 5.91 Å². The molecule has 0 aliphatic carbocycles. The van der Waals surface area contributed by atoms with Gasteiger partial charge >= 0.3 is 0 Å². The maximum Gasteiger partial charge on any atom is 0.223 e. The number of benzene rings is 1. The molecule has 1 aromatic carbocycles. The number of nitrogens with two attached hydrogens (primary N) is 1. The highest BCUT2D eigenvalue weighted by atomic mass is 16.5. The average molecular weight is 280 g/mol. The van der Waals surface area contributed by atoms with E-state index in [1.165, 1.54) is 0 Å². The van der Waals surface area contributed by atoms with Crippen LogP contribution in [0.5, 0.6) is 11.5 Å². The van der Waals surface area contributed by atoms with Gasteiger partial charge in [-0.25, -0.2) is 0 Å². The predicted molar refractivity (Wildman–Crippen MR) is 79.0 cm³/mol. The summed E-state index contributed by atoms with van der Waals surface area (Å²) in [5, 5.41) is 2.81. The fraction of sp³-hybridized carbons (Fsp3) is 0.533. The van der Waals surface area contributed by atoms with E-state index in [9.17, 15) is 4.79 Å². The van der Waals surface area contributed by atoms with E-state index in [1.807, 2.05) is 39.0 Å². The van der Waals surface area contributed by atoms with Crippen LogP contribution in [0.2, 0.25) is 0 Å². The van der Waals surface area contributed by atoms with Gasteiger partial charge in [0.05, 0.1) is 20.1 Å². The lowest BCUT2D eigenvalue weighted by Crippen LogP contribution is -2.31. The molecule has 112 valence electrons. The van der Waals surface area contributed by atoms with Gasteiger partial charge in [-0.05, 0) is 38.5 Å². The van der Waals surface area contributed by atoms with E-state index < -0.39 is 0 Å². The Bertz CT molecular complexity index is 445. The lowest BCUT2D eigenvalue weighted by molar-refractivity contribution is -0.122. The normalized spacial score (nSPS) is 12.1. The number of hydrogen-bond acceptors (Lipinski definition) is 4. The Kier molecular flexibility index (Phi) is 6.31. The summed E-state index contributed by atoms with van der Waals surface area (Å²) in [5.74, 6) is 1.23. The first-order valence-corrected chi connectivity index (χ1v) is 6.79. The smallest absolute Gasteiger partial charge is 0.223 e. The lowest BCUT2D eigenvalue weighted by atomic mass is 10.1. The zero-order valence-electron chi connectivity index (χ0n) is 12.6. The zero-order chi connectivity index (χ0) is 15.1. The quantitative estimate of drug-likeness (QED) is 0.801. The van der Waals surface area contributed by atoms with Gasteiger partial charge in [0.25, 0.3) is 0 Å². The Morgan fingerprint density at radius 2 is 2.00 bits per heavy atom. The molecule has 1 atom stereocenters. The van der Waals surface area contributed by atoms with Crippen molar-refractivity contribution in [2.45, 2.75) is 39.3 Å². The molecule has 5 nitrogen and oxygen atoms in total. The molecule has 0 spiro atoms. The van der Waals surface area contributed by atoms with Crippen LogP contribution in [-0.4, -0.2) is 25.7 Å². The molecule has 3 N–H and O–H groups in total. The van der Waals surface area contributed by atoms with Gasteiger partial charge in [-0.3, -0.25) is 4.79 Å². The Balaban J connectivity index is 2.57. The minimum atomic E-state index is -0.0604. The second-order valence-corrected chi connectivity index (χ2v) is 5.02. The third-order valence-electron chi connectivity index (χ3n) is 2.75. The summed E-state index contributed by atoms with van der Waals surface area (Å²) in [6.07, 6.45) is 0.316. The van der Waals surface area contributed by atoms with Crippen LogP contribution in [0.4, 0.5) is 0 Å². The first kappa shape index (κ1) is 16.3. The highest BCUT2D eigenvalue weighted by Gasteiger charge is 2.09. The van der Waals surface area contributed by atoms with E-state index in [1.54, 1.807) is 7.11 Å². The van der Waals surface area contributed by atoms with Crippen LogP contribution < -0.4 is 20.5 Å². The lowest BCUT2D eigenvalue weighted by Gasteiger charge is -2.14. The fourth-order valence-electron chi connectivity index (χ4n) is 1.73. The van der Waals surface area contributed by atoms with Crippen LogP contribution in [-0.2, 0) is 4.79 Å². The standard InChI is InChI=1S/C15H24N2O3/c1-10(2)17-15(18)7-8-20-13-6-5-12(11(3)16)9-14(13)19-4/h5-6,9-11H,7-8,16H2,1-4H3,(H,17,18)/t11-/m1/s1. The number of methoxy groups -OCH3 is 1. The summed E-state index contributed by atoms with van der Waals surface area (Å²) in [6.45, 7) is 6.07. The molecule has 0 aliphatic rings. The average Bonchev–Trinajstić information content (AvgIpc) is 2.37. The molecule has 0 aliphatic heterocycles.